The lowest BCUT2D eigenvalue weighted by atomic mass is 10.1. The van der Waals surface area contributed by atoms with Crippen LogP contribution < -0.4 is 9.46 Å². The first-order chi connectivity index (χ1) is 17.8. The molecule has 1 aromatic heterocycles. The number of carbonyl (C=O) groups is 2. The van der Waals surface area contributed by atoms with Gasteiger partial charge >= 0.3 is 0 Å². The number of anilines is 1. The second kappa shape index (κ2) is 11.4. The van der Waals surface area contributed by atoms with Crippen LogP contribution in [-0.2, 0) is 14.8 Å². The molecule has 1 saturated heterocycles. The molecule has 0 aliphatic carbocycles. The number of aromatic nitrogens is 1. The van der Waals surface area contributed by atoms with Crippen molar-refractivity contribution in [3.63, 3.8) is 0 Å². The van der Waals surface area contributed by atoms with Crippen LogP contribution in [0.5, 0.6) is 5.75 Å². The largest absolute Gasteiger partial charge is 0.495 e. The van der Waals surface area contributed by atoms with Crippen LogP contribution in [0.4, 0.5) is 5.69 Å². The van der Waals surface area contributed by atoms with Crippen molar-refractivity contribution in [1.29, 1.82) is 5.53 Å². The van der Waals surface area contributed by atoms with Crippen molar-refractivity contribution >= 4 is 50.4 Å². The number of carbonyl (C=O) groups excluding carboxylic acids is 2. The lowest BCUT2D eigenvalue weighted by molar-refractivity contribution is -0.127. The van der Waals surface area contributed by atoms with Crippen molar-refractivity contribution in [1.82, 2.24) is 14.8 Å². The van der Waals surface area contributed by atoms with E-state index in [9.17, 15) is 18.0 Å². The molecule has 1 aliphatic heterocycles. The molecule has 1 aliphatic rings. The second-order valence-electron chi connectivity index (χ2n) is 7.97. The molecule has 13 heteroatoms. The molecule has 4 rings (SSSR count). The SMILES string of the molecule is COc1cc(C(=O)N2CCN(C(=O)C=CSN=N)CC2)ccc1NS(=O)(=O)c1cccc2cccnc12. The summed E-state index contributed by atoms with van der Waals surface area (Å²) in [6.07, 6.45) is 2.88. The van der Waals surface area contributed by atoms with Gasteiger partial charge in [0.1, 0.15) is 10.6 Å². The number of pyridine rings is 1. The van der Waals surface area contributed by atoms with E-state index < -0.39 is 10.0 Å². The molecule has 2 amide bonds. The van der Waals surface area contributed by atoms with E-state index >= 15 is 0 Å². The van der Waals surface area contributed by atoms with Crippen molar-refractivity contribution in [3.8, 4) is 5.75 Å². The number of benzene rings is 2. The number of rotatable bonds is 8. The molecule has 0 unspecified atom stereocenters. The van der Waals surface area contributed by atoms with E-state index in [-0.39, 0.29) is 28.1 Å². The van der Waals surface area contributed by atoms with E-state index in [1.165, 1.54) is 49.1 Å². The number of nitrogens with one attached hydrogen (secondary N) is 2. The maximum Gasteiger partial charge on any atom is 0.264 e. The van der Waals surface area contributed by atoms with Gasteiger partial charge in [0.2, 0.25) is 5.91 Å². The van der Waals surface area contributed by atoms with Gasteiger partial charge in [0.15, 0.2) is 0 Å². The average molecular weight is 541 g/mol. The number of fused-ring (bicyclic) bond motifs is 1. The fraction of sp³-hybridized carbons (Fsp3) is 0.208. The minimum absolute atomic E-state index is 0.0303. The molecular formula is C24H24N6O5S2. The summed E-state index contributed by atoms with van der Waals surface area (Å²) in [5.74, 6) is -0.265. The maximum absolute atomic E-state index is 13.2. The number of ether oxygens (including phenoxy) is 1. The predicted octanol–water partition coefficient (Wildman–Crippen LogP) is 3.52. The van der Waals surface area contributed by atoms with E-state index in [1.807, 2.05) is 0 Å². The molecule has 0 atom stereocenters. The Morgan fingerprint density at radius 1 is 1.11 bits per heavy atom. The van der Waals surface area contributed by atoms with Gasteiger partial charge in [0, 0.05) is 66.8 Å². The summed E-state index contributed by atoms with van der Waals surface area (Å²) in [7, 11) is -2.60. The van der Waals surface area contributed by atoms with Gasteiger partial charge < -0.3 is 14.5 Å². The van der Waals surface area contributed by atoms with Gasteiger partial charge in [-0.15, -0.1) is 4.52 Å². The highest BCUT2D eigenvalue weighted by atomic mass is 32.2. The third-order valence-electron chi connectivity index (χ3n) is 5.78. The number of amides is 2. The molecule has 2 heterocycles. The van der Waals surface area contributed by atoms with E-state index in [1.54, 1.807) is 34.1 Å². The smallest absolute Gasteiger partial charge is 0.264 e. The number of piperazine rings is 1. The number of hydrogen-bond donors (Lipinski definition) is 2. The van der Waals surface area contributed by atoms with Crippen molar-refractivity contribution < 1.29 is 22.7 Å². The van der Waals surface area contributed by atoms with Crippen LogP contribution in [0.3, 0.4) is 0 Å². The van der Waals surface area contributed by atoms with Gasteiger partial charge in [0.25, 0.3) is 15.9 Å². The Balaban J connectivity index is 1.48. The average Bonchev–Trinajstić information content (AvgIpc) is 2.92. The standard InChI is InChI=1S/C24H24N6O5S2/c1-35-20-16-18(24(32)30-13-11-29(12-14-30)22(31)9-15-36-28-25)7-8-19(20)27-37(33,34)21-6-2-4-17-5-3-10-26-23(17)21/h2-10,15-16,25,27H,11-14H2,1H3. The topological polar surface area (TPSA) is 145 Å². The third-order valence-corrected chi connectivity index (χ3v) is 7.54. The van der Waals surface area contributed by atoms with E-state index in [4.69, 9.17) is 10.3 Å². The fourth-order valence-electron chi connectivity index (χ4n) is 3.94. The van der Waals surface area contributed by atoms with Crippen molar-refractivity contribution in [2.75, 3.05) is 38.0 Å². The van der Waals surface area contributed by atoms with E-state index in [2.05, 4.69) is 14.2 Å². The van der Waals surface area contributed by atoms with Crippen LogP contribution in [0.25, 0.3) is 10.9 Å². The van der Waals surface area contributed by atoms with Crippen molar-refractivity contribution in [3.05, 3.63) is 71.8 Å². The predicted molar refractivity (Wildman–Crippen MR) is 140 cm³/mol. The molecule has 1 fully saturated rings. The number of para-hydroxylation sites is 1. The highest BCUT2D eigenvalue weighted by molar-refractivity contribution is 8.00. The fourth-order valence-corrected chi connectivity index (χ4v) is 5.43. The molecule has 2 aromatic carbocycles. The summed E-state index contributed by atoms with van der Waals surface area (Å²) in [6.45, 7) is 1.43. The lowest BCUT2D eigenvalue weighted by Gasteiger charge is -2.34. The van der Waals surface area contributed by atoms with Crippen molar-refractivity contribution in [2.24, 2.45) is 4.52 Å². The number of sulfonamides is 1. The van der Waals surface area contributed by atoms with Gasteiger partial charge in [-0.3, -0.25) is 19.3 Å². The first-order valence-corrected chi connectivity index (χ1v) is 13.5. The van der Waals surface area contributed by atoms with Gasteiger partial charge in [-0.25, -0.2) is 8.42 Å². The zero-order valence-corrected chi connectivity index (χ0v) is 21.5. The molecule has 0 bridgehead atoms. The number of hydrogen-bond acceptors (Lipinski definition) is 9. The maximum atomic E-state index is 13.2. The molecule has 192 valence electrons. The van der Waals surface area contributed by atoms with Crippen LogP contribution in [-0.4, -0.2) is 68.3 Å². The van der Waals surface area contributed by atoms with Crippen LogP contribution >= 0.6 is 11.9 Å². The molecule has 3 aromatic rings. The summed E-state index contributed by atoms with van der Waals surface area (Å²) < 4.78 is 37.4. The quantitative estimate of drug-likeness (QED) is 0.253. The van der Waals surface area contributed by atoms with Gasteiger partial charge in [-0.2, -0.15) is 5.53 Å². The summed E-state index contributed by atoms with van der Waals surface area (Å²) in [4.78, 5) is 32.7. The third kappa shape index (κ3) is 5.89. The van der Waals surface area contributed by atoms with Gasteiger partial charge in [-0.1, -0.05) is 18.2 Å². The first kappa shape index (κ1) is 26.1. The number of nitrogens with zero attached hydrogens (tertiary/aromatic N) is 4. The summed E-state index contributed by atoms with van der Waals surface area (Å²) in [5.41, 5.74) is 7.59. The first-order valence-electron chi connectivity index (χ1n) is 11.2. The molecule has 0 saturated carbocycles. The molecular weight excluding hydrogens is 516 g/mol. The Labute approximate surface area is 218 Å². The molecule has 37 heavy (non-hydrogen) atoms. The van der Waals surface area contributed by atoms with Gasteiger partial charge in [0.05, 0.1) is 18.3 Å². The molecule has 2 N–H and O–H groups in total. The van der Waals surface area contributed by atoms with Crippen LogP contribution in [0.15, 0.2) is 75.6 Å². The highest BCUT2D eigenvalue weighted by Crippen LogP contribution is 2.30. The molecule has 0 spiro atoms. The Morgan fingerprint density at radius 2 is 1.84 bits per heavy atom. The summed E-state index contributed by atoms with van der Waals surface area (Å²) in [5, 5.41) is 2.13. The zero-order chi connectivity index (χ0) is 26.4. The Hall–Kier alpha value is -3.97. The Morgan fingerprint density at radius 3 is 2.57 bits per heavy atom. The van der Waals surface area contributed by atoms with Crippen LogP contribution in [0.2, 0.25) is 0 Å². The van der Waals surface area contributed by atoms with E-state index in [0.717, 1.165) is 11.9 Å². The summed E-state index contributed by atoms with van der Waals surface area (Å²) >= 11 is 0.851. The lowest BCUT2D eigenvalue weighted by Crippen LogP contribution is -2.50. The molecule has 0 radical (unpaired) electrons. The minimum atomic E-state index is -4.00. The molecule has 11 nitrogen and oxygen atoms in total. The zero-order valence-electron chi connectivity index (χ0n) is 19.8. The van der Waals surface area contributed by atoms with Gasteiger partial charge in [-0.05, 0) is 30.3 Å². The van der Waals surface area contributed by atoms with E-state index in [0.29, 0.717) is 42.6 Å². The minimum Gasteiger partial charge on any atom is -0.495 e. The monoisotopic (exact) mass is 540 g/mol. The van der Waals surface area contributed by atoms with Crippen molar-refractivity contribution in [2.45, 2.75) is 4.90 Å². The Bertz CT molecular complexity index is 1460. The Kier molecular flexibility index (Phi) is 8.04. The highest BCUT2D eigenvalue weighted by Gasteiger charge is 2.25. The summed E-state index contributed by atoms with van der Waals surface area (Å²) in [6, 6.07) is 12.9. The van der Waals surface area contributed by atoms with Crippen LogP contribution in [0.1, 0.15) is 10.4 Å². The normalized spacial score (nSPS) is 14.1. The second-order valence-corrected chi connectivity index (χ2v) is 10.3. The number of methoxy groups -OCH3 is 1. The van der Waals surface area contributed by atoms with Crippen LogP contribution in [0, 0.1) is 5.53 Å².